The number of benzene rings is 1. The van der Waals surface area contributed by atoms with E-state index in [9.17, 15) is 14.3 Å². The van der Waals surface area contributed by atoms with Crippen LogP contribution in [0.3, 0.4) is 0 Å². The number of piperidine rings is 1. The summed E-state index contributed by atoms with van der Waals surface area (Å²) in [6.07, 6.45) is 8.52. The van der Waals surface area contributed by atoms with Crippen LogP contribution in [0.1, 0.15) is 40.9 Å². The fourth-order valence-electron chi connectivity index (χ4n) is 3.73. The monoisotopic (exact) mass is 406 g/mol. The Balaban J connectivity index is 1.39. The first-order chi connectivity index (χ1) is 14.5. The van der Waals surface area contributed by atoms with Crippen molar-refractivity contribution in [3.05, 3.63) is 83.8 Å². The number of rotatable bonds is 6. The number of ketones is 1. The first-order valence-corrected chi connectivity index (χ1v) is 10.0. The zero-order chi connectivity index (χ0) is 21.0. The van der Waals surface area contributed by atoms with Gasteiger partial charge in [-0.05, 0) is 54.7 Å². The van der Waals surface area contributed by atoms with Crippen molar-refractivity contribution in [1.82, 2.24) is 15.0 Å². The smallest absolute Gasteiger partial charge is 0.183 e. The van der Waals surface area contributed by atoms with Crippen LogP contribution in [0.2, 0.25) is 0 Å². The SMILES string of the molecule is O=C(CCc1ccncc1)c1cncc(N2CCC(O)(c3ccc(F)cc3)CC2)n1. The lowest BCUT2D eigenvalue weighted by atomic mass is 9.84. The van der Waals surface area contributed by atoms with E-state index in [-0.39, 0.29) is 11.6 Å². The molecule has 1 fully saturated rings. The number of halogens is 1. The third-order valence-corrected chi connectivity index (χ3v) is 5.59. The van der Waals surface area contributed by atoms with E-state index in [2.05, 4.69) is 15.0 Å². The lowest BCUT2D eigenvalue weighted by Crippen LogP contribution is -2.43. The van der Waals surface area contributed by atoms with Crippen LogP contribution in [0.4, 0.5) is 10.2 Å². The Morgan fingerprint density at radius 1 is 1.03 bits per heavy atom. The molecule has 0 unspecified atom stereocenters. The van der Waals surface area contributed by atoms with Crippen LogP contribution in [-0.4, -0.2) is 38.9 Å². The van der Waals surface area contributed by atoms with E-state index in [1.165, 1.54) is 18.3 Å². The maximum Gasteiger partial charge on any atom is 0.183 e. The van der Waals surface area contributed by atoms with Crippen LogP contribution in [0.5, 0.6) is 0 Å². The summed E-state index contributed by atoms with van der Waals surface area (Å²) in [5, 5.41) is 11.0. The Kier molecular flexibility index (Phi) is 5.81. The summed E-state index contributed by atoms with van der Waals surface area (Å²) >= 11 is 0. The lowest BCUT2D eigenvalue weighted by molar-refractivity contribution is 0.0116. The van der Waals surface area contributed by atoms with E-state index in [0.717, 1.165) is 11.1 Å². The van der Waals surface area contributed by atoms with Gasteiger partial charge in [0.2, 0.25) is 0 Å². The number of aryl methyl sites for hydroxylation is 1. The number of Topliss-reactive ketones (excluding diaryl/α,β-unsaturated/α-hetero) is 1. The minimum absolute atomic E-state index is 0.0546. The third kappa shape index (κ3) is 4.52. The summed E-state index contributed by atoms with van der Waals surface area (Å²) in [5.41, 5.74) is 1.13. The van der Waals surface area contributed by atoms with Gasteiger partial charge < -0.3 is 10.0 Å². The van der Waals surface area contributed by atoms with E-state index in [4.69, 9.17) is 0 Å². The molecule has 4 rings (SSSR count). The minimum Gasteiger partial charge on any atom is -0.385 e. The molecular weight excluding hydrogens is 383 g/mol. The average Bonchev–Trinajstić information content (AvgIpc) is 2.79. The van der Waals surface area contributed by atoms with E-state index in [1.807, 2.05) is 17.0 Å². The maximum atomic E-state index is 13.2. The number of carbonyl (C=O) groups excluding carboxylic acids is 1. The number of carbonyl (C=O) groups is 1. The van der Waals surface area contributed by atoms with Gasteiger partial charge in [0.15, 0.2) is 5.78 Å². The van der Waals surface area contributed by atoms with Crippen LogP contribution < -0.4 is 4.90 Å². The predicted molar refractivity (Wildman–Crippen MR) is 111 cm³/mol. The Morgan fingerprint density at radius 2 is 1.73 bits per heavy atom. The lowest BCUT2D eigenvalue weighted by Gasteiger charge is -2.39. The van der Waals surface area contributed by atoms with Crippen molar-refractivity contribution in [2.45, 2.75) is 31.3 Å². The Labute approximate surface area is 174 Å². The minimum atomic E-state index is -0.990. The van der Waals surface area contributed by atoms with Gasteiger partial charge >= 0.3 is 0 Å². The number of anilines is 1. The summed E-state index contributed by atoms with van der Waals surface area (Å²) in [6, 6.07) is 9.79. The molecule has 0 saturated carbocycles. The largest absolute Gasteiger partial charge is 0.385 e. The molecule has 0 atom stereocenters. The normalized spacial score (nSPS) is 15.7. The van der Waals surface area contributed by atoms with E-state index >= 15 is 0 Å². The van der Waals surface area contributed by atoms with Crippen molar-refractivity contribution in [1.29, 1.82) is 0 Å². The molecule has 1 N–H and O–H groups in total. The van der Waals surface area contributed by atoms with Crippen LogP contribution >= 0.6 is 0 Å². The van der Waals surface area contributed by atoms with Crippen LogP contribution in [0.25, 0.3) is 0 Å². The first-order valence-electron chi connectivity index (χ1n) is 10.0. The van der Waals surface area contributed by atoms with E-state index < -0.39 is 5.60 Å². The van der Waals surface area contributed by atoms with Gasteiger partial charge in [0.25, 0.3) is 0 Å². The van der Waals surface area contributed by atoms with Gasteiger partial charge in [-0.1, -0.05) is 12.1 Å². The van der Waals surface area contributed by atoms with Crippen molar-refractivity contribution < 1.29 is 14.3 Å². The first kappa shape index (κ1) is 20.1. The van der Waals surface area contributed by atoms with Crippen molar-refractivity contribution in [3.8, 4) is 0 Å². The fraction of sp³-hybridized carbons (Fsp3) is 0.304. The second kappa shape index (κ2) is 8.67. The highest BCUT2D eigenvalue weighted by Gasteiger charge is 2.34. The van der Waals surface area contributed by atoms with E-state index in [0.29, 0.717) is 50.3 Å². The number of hydrogen-bond acceptors (Lipinski definition) is 6. The molecule has 0 spiro atoms. The van der Waals surface area contributed by atoms with Gasteiger partial charge in [0.1, 0.15) is 17.3 Å². The molecule has 30 heavy (non-hydrogen) atoms. The molecule has 0 aliphatic carbocycles. The highest BCUT2D eigenvalue weighted by Crippen LogP contribution is 2.34. The molecule has 1 aliphatic heterocycles. The van der Waals surface area contributed by atoms with Gasteiger partial charge in [-0.25, -0.2) is 9.37 Å². The highest BCUT2D eigenvalue weighted by molar-refractivity contribution is 5.94. The molecule has 0 radical (unpaired) electrons. The van der Waals surface area contributed by atoms with Crippen LogP contribution in [-0.2, 0) is 12.0 Å². The summed E-state index contributed by atoms with van der Waals surface area (Å²) in [6.45, 7) is 1.13. The van der Waals surface area contributed by atoms with Gasteiger partial charge in [-0.15, -0.1) is 0 Å². The molecule has 0 bridgehead atoms. The Hall–Kier alpha value is -3.19. The fourth-order valence-corrected chi connectivity index (χ4v) is 3.73. The van der Waals surface area contributed by atoms with Crippen molar-refractivity contribution in [2.75, 3.05) is 18.0 Å². The molecule has 154 valence electrons. The van der Waals surface area contributed by atoms with Gasteiger partial charge in [-0.3, -0.25) is 14.8 Å². The number of aromatic nitrogens is 3. The number of hydrogen-bond donors (Lipinski definition) is 1. The summed E-state index contributed by atoms with van der Waals surface area (Å²) in [5.74, 6) is 0.257. The molecule has 1 aromatic carbocycles. The van der Waals surface area contributed by atoms with Gasteiger partial charge in [-0.2, -0.15) is 0 Å². The predicted octanol–water partition coefficient (Wildman–Crippen LogP) is 3.31. The highest BCUT2D eigenvalue weighted by atomic mass is 19.1. The standard InChI is InChI=1S/C23H23FN4O2/c24-19-4-2-18(3-5-19)23(30)9-13-28(14-10-23)22-16-26-15-20(27-22)21(29)6-1-17-7-11-25-12-8-17/h2-5,7-8,11-12,15-16,30H,1,6,9-10,13-14H2. The molecule has 1 saturated heterocycles. The molecule has 3 aromatic rings. The number of pyridine rings is 1. The Morgan fingerprint density at radius 3 is 2.43 bits per heavy atom. The topological polar surface area (TPSA) is 79.2 Å². The number of aliphatic hydroxyl groups is 1. The number of nitrogens with zero attached hydrogens (tertiary/aromatic N) is 4. The van der Waals surface area contributed by atoms with Crippen LogP contribution in [0, 0.1) is 5.82 Å². The van der Waals surface area contributed by atoms with Crippen molar-refractivity contribution in [2.24, 2.45) is 0 Å². The zero-order valence-electron chi connectivity index (χ0n) is 16.5. The molecule has 6 nitrogen and oxygen atoms in total. The zero-order valence-corrected chi connectivity index (χ0v) is 16.5. The molecule has 0 amide bonds. The third-order valence-electron chi connectivity index (χ3n) is 5.59. The van der Waals surface area contributed by atoms with Crippen molar-refractivity contribution >= 4 is 11.6 Å². The molecule has 2 aromatic heterocycles. The second-order valence-corrected chi connectivity index (χ2v) is 7.57. The molecule has 7 heteroatoms. The van der Waals surface area contributed by atoms with E-state index in [1.54, 1.807) is 30.7 Å². The maximum absolute atomic E-state index is 13.2. The summed E-state index contributed by atoms with van der Waals surface area (Å²) in [4.78, 5) is 27.3. The molecular formula is C23H23FN4O2. The average molecular weight is 406 g/mol. The molecule has 1 aliphatic rings. The van der Waals surface area contributed by atoms with Crippen LogP contribution in [0.15, 0.2) is 61.2 Å². The van der Waals surface area contributed by atoms with Gasteiger partial charge in [0, 0.05) is 31.9 Å². The quantitative estimate of drug-likeness (QED) is 0.633. The second-order valence-electron chi connectivity index (χ2n) is 7.57. The Bertz CT molecular complexity index is 1000. The van der Waals surface area contributed by atoms with Gasteiger partial charge in [0.05, 0.1) is 18.0 Å². The summed E-state index contributed by atoms with van der Waals surface area (Å²) in [7, 11) is 0. The summed E-state index contributed by atoms with van der Waals surface area (Å²) < 4.78 is 13.2. The van der Waals surface area contributed by atoms with Crippen molar-refractivity contribution in [3.63, 3.8) is 0 Å². The molecule has 3 heterocycles.